The van der Waals surface area contributed by atoms with Crippen LogP contribution in [0.1, 0.15) is 36.1 Å². The van der Waals surface area contributed by atoms with Crippen molar-refractivity contribution < 1.29 is 14.4 Å². The maximum atomic E-state index is 12.5. The van der Waals surface area contributed by atoms with Crippen LogP contribution in [0.5, 0.6) is 0 Å². The number of halogens is 1. The van der Waals surface area contributed by atoms with Crippen LogP contribution in [0.25, 0.3) is 0 Å². The standard InChI is InChI=1S/C20H20ClN3O3S/c21-13-5-3-4-12(8-13)9-14-10-22-20(28-14)23-17(25)11-24-18(26)15-6-1-2-7-16(15)19(24)27/h3-5,8,10,15-16H,1-2,6-7,9,11H2,(H,22,23,25)/t15-,16-/m1/s1. The molecule has 0 bridgehead atoms. The Morgan fingerprint density at radius 2 is 1.93 bits per heavy atom. The number of amides is 3. The fraction of sp³-hybridized carbons (Fsp3) is 0.400. The van der Waals surface area contributed by atoms with Crippen LogP contribution in [0.2, 0.25) is 5.02 Å². The molecule has 2 aromatic rings. The Kier molecular flexibility index (Phi) is 5.46. The monoisotopic (exact) mass is 417 g/mol. The number of carbonyl (C=O) groups excluding carboxylic acids is 3. The highest BCUT2D eigenvalue weighted by molar-refractivity contribution is 7.15. The first-order valence-corrected chi connectivity index (χ1v) is 10.5. The molecule has 1 N–H and O–H groups in total. The van der Waals surface area contributed by atoms with Gasteiger partial charge in [-0.05, 0) is 30.5 Å². The zero-order valence-electron chi connectivity index (χ0n) is 15.2. The van der Waals surface area contributed by atoms with Crippen molar-refractivity contribution in [2.45, 2.75) is 32.1 Å². The first kappa shape index (κ1) is 19.1. The van der Waals surface area contributed by atoms with E-state index in [1.807, 2.05) is 24.3 Å². The average Bonchev–Trinajstić information content (AvgIpc) is 3.20. The summed E-state index contributed by atoms with van der Waals surface area (Å²) in [6, 6.07) is 7.58. The summed E-state index contributed by atoms with van der Waals surface area (Å²) in [6.45, 7) is -0.242. The van der Waals surface area contributed by atoms with Crippen molar-refractivity contribution in [2.24, 2.45) is 11.8 Å². The predicted molar refractivity (Wildman–Crippen MR) is 107 cm³/mol. The maximum Gasteiger partial charge on any atom is 0.246 e. The van der Waals surface area contributed by atoms with Gasteiger partial charge >= 0.3 is 0 Å². The lowest BCUT2D eigenvalue weighted by atomic mass is 9.81. The number of anilines is 1. The molecule has 1 saturated carbocycles. The summed E-state index contributed by atoms with van der Waals surface area (Å²) >= 11 is 7.37. The molecule has 0 unspecified atom stereocenters. The van der Waals surface area contributed by atoms with E-state index in [4.69, 9.17) is 11.6 Å². The van der Waals surface area contributed by atoms with E-state index < -0.39 is 5.91 Å². The van der Waals surface area contributed by atoms with Crippen molar-refractivity contribution >= 4 is 45.8 Å². The summed E-state index contributed by atoms with van der Waals surface area (Å²) in [7, 11) is 0. The Morgan fingerprint density at radius 1 is 1.21 bits per heavy atom. The van der Waals surface area contributed by atoms with Gasteiger partial charge in [-0.2, -0.15) is 0 Å². The lowest BCUT2D eigenvalue weighted by Crippen LogP contribution is -2.38. The second-order valence-electron chi connectivity index (χ2n) is 7.25. The van der Waals surface area contributed by atoms with Crippen LogP contribution in [0.15, 0.2) is 30.5 Å². The van der Waals surface area contributed by atoms with Gasteiger partial charge in [-0.25, -0.2) is 4.98 Å². The molecule has 2 heterocycles. The highest BCUT2D eigenvalue weighted by Gasteiger charge is 2.48. The third-order valence-corrected chi connectivity index (χ3v) is 6.45. The van der Waals surface area contributed by atoms with Gasteiger partial charge in [0.25, 0.3) is 0 Å². The number of nitrogens with zero attached hydrogens (tertiary/aromatic N) is 2. The predicted octanol–water partition coefficient (Wildman–Crippen LogP) is 3.50. The topological polar surface area (TPSA) is 79.4 Å². The van der Waals surface area contributed by atoms with Crippen LogP contribution in [-0.4, -0.2) is 34.2 Å². The summed E-state index contributed by atoms with van der Waals surface area (Å²) in [5.74, 6) is -1.28. The molecule has 0 spiro atoms. The van der Waals surface area contributed by atoms with Gasteiger partial charge < -0.3 is 5.32 Å². The number of thiazole rings is 1. The fourth-order valence-corrected chi connectivity index (χ4v) is 5.06. The van der Waals surface area contributed by atoms with Crippen molar-refractivity contribution in [3.05, 3.63) is 45.9 Å². The van der Waals surface area contributed by atoms with E-state index in [1.54, 1.807) is 6.20 Å². The number of likely N-dealkylation sites (tertiary alicyclic amines) is 1. The molecule has 146 valence electrons. The van der Waals surface area contributed by atoms with Crippen molar-refractivity contribution in [3.63, 3.8) is 0 Å². The van der Waals surface area contributed by atoms with Gasteiger partial charge in [-0.15, -0.1) is 11.3 Å². The number of imide groups is 1. The number of hydrogen-bond donors (Lipinski definition) is 1. The van der Waals surface area contributed by atoms with Gasteiger partial charge in [0.1, 0.15) is 6.54 Å². The van der Waals surface area contributed by atoms with Crippen molar-refractivity contribution in [1.82, 2.24) is 9.88 Å². The SMILES string of the molecule is O=C(CN1C(=O)[C@@H]2CCCC[C@H]2C1=O)Nc1ncc(Cc2cccc(Cl)c2)s1. The Labute approximate surface area is 171 Å². The second-order valence-corrected chi connectivity index (χ2v) is 8.80. The second kappa shape index (κ2) is 8.01. The molecular formula is C20H20ClN3O3S. The average molecular weight is 418 g/mol. The van der Waals surface area contributed by atoms with Gasteiger partial charge in [0.15, 0.2) is 5.13 Å². The zero-order chi connectivity index (χ0) is 19.7. The van der Waals surface area contributed by atoms with E-state index >= 15 is 0 Å². The molecule has 1 aromatic heterocycles. The quantitative estimate of drug-likeness (QED) is 0.755. The van der Waals surface area contributed by atoms with Crippen LogP contribution < -0.4 is 5.32 Å². The van der Waals surface area contributed by atoms with Crippen molar-refractivity contribution in [1.29, 1.82) is 0 Å². The first-order valence-electron chi connectivity index (χ1n) is 9.35. The van der Waals surface area contributed by atoms with Gasteiger partial charge in [0, 0.05) is 22.5 Å². The zero-order valence-corrected chi connectivity index (χ0v) is 16.8. The van der Waals surface area contributed by atoms with Crippen LogP contribution in [0.4, 0.5) is 5.13 Å². The number of aromatic nitrogens is 1. The summed E-state index contributed by atoms with van der Waals surface area (Å²) < 4.78 is 0. The Hall–Kier alpha value is -2.25. The molecule has 1 aromatic carbocycles. The van der Waals surface area contributed by atoms with Crippen LogP contribution in [0, 0.1) is 11.8 Å². The lowest BCUT2D eigenvalue weighted by Gasteiger charge is -2.19. The number of hydrogen-bond acceptors (Lipinski definition) is 5. The third-order valence-electron chi connectivity index (χ3n) is 5.30. The molecule has 1 aliphatic heterocycles. The van der Waals surface area contributed by atoms with E-state index in [0.29, 0.717) is 16.6 Å². The Balaban J connectivity index is 1.36. The summed E-state index contributed by atoms with van der Waals surface area (Å²) in [6.07, 6.45) is 5.80. The van der Waals surface area contributed by atoms with Gasteiger partial charge in [-0.3, -0.25) is 19.3 Å². The van der Waals surface area contributed by atoms with Crippen molar-refractivity contribution in [2.75, 3.05) is 11.9 Å². The van der Waals surface area contributed by atoms with E-state index in [1.165, 1.54) is 11.3 Å². The number of nitrogens with one attached hydrogen (secondary N) is 1. The summed E-state index contributed by atoms with van der Waals surface area (Å²) in [5, 5.41) is 3.84. The number of fused-ring (bicyclic) bond motifs is 1. The molecule has 2 aliphatic rings. The Bertz CT molecular complexity index is 905. The minimum Gasteiger partial charge on any atom is -0.300 e. The lowest BCUT2D eigenvalue weighted by molar-refractivity contribution is -0.142. The largest absolute Gasteiger partial charge is 0.300 e. The molecule has 0 radical (unpaired) electrons. The minimum atomic E-state index is -0.399. The van der Waals surface area contributed by atoms with Crippen LogP contribution >= 0.6 is 22.9 Å². The molecule has 2 fully saturated rings. The van der Waals surface area contributed by atoms with E-state index in [2.05, 4.69) is 10.3 Å². The molecule has 28 heavy (non-hydrogen) atoms. The fourth-order valence-electron chi connectivity index (χ4n) is 3.98. The van der Waals surface area contributed by atoms with E-state index in [0.717, 1.165) is 41.0 Å². The normalized spacial score (nSPS) is 21.7. The van der Waals surface area contributed by atoms with Crippen LogP contribution in [-0.2, 0) is 20.8 Å². The summed E-state index contributed by atoms with van der Waals surface area (Å²) in [4.78, 5) is 43.6. The smallest absolute Gasteiger partial charge is 0.246 e. The molecule has 4 rings (SSSR count). The van der Waals surface area contributed by atoms with Gasteiger partial charge in [0.05, 0.1) is 11.8 Å². The molecule has 1 saturated heterocycles. The number of rotatable bonds is 5. The Morgan fingerprint density at radius 3 is 2.61 bits per heavy atom. The highest BCUT2D eigenvalue weighted by atomic mass is 35.5. The molecule has 1 aliphatic carbocycles. The highest BCUT2D eigenvalue weighted by Crippen LogP contribution is 2.37. The summed E-state index contributed by atoms with van der Waals surface area (Å²) in [5.41, 5.74) is 1.06. The third kappa shape index (κ3) is 3.95. The van der Waals surface area contributed by atoms with Crippen LogP contribution in [0.3, 0.4) is 0 Å². The number of carbonyl (C=O) groups is 3. The first-order chi connectivity index (χ1) is 13.5. The molecule has 8 heteroatoms. The molecular weight excluding hydrogens is 398 g/mol. The van der Waals surface area contributed by atoms with Gasteiger partial charge in [0.2, 0.25) is 17.7 Å². The number of benzene rings is 1. The maximum absolute atomic E-state index is 12.5. The van der Waals surface area contributed by atoms with E-state index in [-0.39, 0.29) is 30.2 Å². The van der Waals surface area contributed by atoms with Crippen molar-refractivity contribution in [3.8, 4) is 0 Å². The molecule has 2 atom stereocenters. The molecule has 6 nitrogen and oxygen atoms in total. The molecule has 3 amide bonds. The van der Waals surface area contributed by atoms with Gasteiger partial charge in [-0.1, -0.05) is 36.6 Å². The minimum absolute atomic E-state index is 0.203. The van der Waals surface area contributed by atoms with E-state index in [9.17, 15) is 14.4 Å².